The summed E-state index contributed by atoms with van der Waals surface area (Å²) in [4.78, 5) is 15.2. The molecule has 43 heavy (non-hydrogen) atoms. The Bertz CT molecular complexity index is 1420. The van der Waals surface area contributed by atoms with Crippen LogP contribution < -0.4 is 26.4 Å². The number of carbonyl (C=O) groups is 1. The van der Waals surface area contributed by atoms with Gasteiger partial charge in [-0.05, 0) is 74.3 Å². The number of nitrogens with one attached hydrogen (secondary N) is 3. The molecule has 3 aromatic carbocycles. The van der Waals surface area contributed by atoms with Crippen LogP contribution in [0.3, 0.4) is 0 Å². The molecule has 0 radical (unpaired) electrons. The topological polar surface area (TPSA) is 151 Å². The monoisotopic (exact) mass is 580 g/mol. The molecule has 0 unspecified atom stereocenters. The number of amidine groups is 2. The van der Waals surface area contributed by atoms with Crippen LogP contribution in [0.5, 0.6) is 5.75 Å². The van der Waals surface area contributed by atoms with Gasteiger partial charge in [0.15, 0.2) is 0 Å². The van der Waals surface area contributed by atoms with Gasteiger partial charge >= 0.3 is 5.97 Å². The average molecular weight is 581 g/mol. The number of nitrogens with zero attached hydrogens (tertiary/aromatic N) is 1. The van der Waals surface area contributed by atoms with Crippen LogP contribution in [0.2, 0.25) is 0 Å². The lowest BCUT2D eigenvalue weighted by Gasteiger charge is -2.26. The van der Waals surface area contributed by atoms with Gasteiger partial charge in [-0.3, -0.25) is 10.8 Å². The summed E-state index contributed by atoms with van der Waals surface area (Å²) >= 11 is 0. The number of rotatable bonds is 13. The summed E-state index contributed by atoms with van der Waals surface area (Å²) in [5, 5.41) is 18.8. The molecule has 1 saturated heterocycles. The van der Waals surface area contributed by atoms with E-state index >= 15 is 0 Å². The number of esters is 1. The van der Waals surface area contributed by atoms with Gasteiger partial charge in [0.05, 0.1) is 6.61 Å². The van der Waals surface area contributed by atoms with Gasteiger partial charge in [0.25, 0.3) is 0 Å². The fourth-order valence-corrected chi connectivity index (χ4v) is 4.82. The quantitative estimate of drug-likeness (QED) is 0.111. The molecule has 1 aliphatic rings. The summed E-state index contributed by atoms with van der Waals surface area (Å²) in [6, 6.07) is 20.7. The molecule has 224 valence electrons. The summed E-state index contributed by atoms with van der Waals surface area (Å²) in [5.74, 6) is 0.159. The largest absolute Gasteiger partial charge is 0.489 e. The minimum absolute atomic E-state index is 0.0224. The second kappa shape index (κ2) is 15.4. The number of nitrogen functional groups attached to an aromatic ring is 2. The lowest BCUT2D eigenvalue weighted by molar-refractivity contribution is 0.0517. The normalized spacial score (nSPS) is 13.7. The highest BCUT2D eigenvalue weighted by Gasteiger charge is 2.21. The average Bonchev–Trinajstić information content (AvgIpc) is 3.01. The van der Waals surface area contributed by atoms with Crippen LogP contribution in [0.15, 0.2) is 78.9 Å². The fourth-order valence-electron chi connectivity index (χ4n) is 4.82. The van der Waals surface area contributed by atoms with Gasteiger partial charge in [-0.15, -0.1) is 0 Å². The van der Waals surface area contributed by atoms with E-state index in [-0.39, 0.29) is 24.4 Å². The zero-order chi connectivity index (χ0) is 30.6. The van der Waals surface area contributed by atoms with Gasteiger partial charge < -0.3 is 31.2 Å². The highest BCUT2D eigenvalue weighted by Crippen LogP contribution is 2.28. The van der Waals surface area contributed by atoms with Crippen molar-refractivity contribution in [3.63, 3.8) is 0 Å². The summed E-state index contributed by atoms with van der Waals surface area (Å²) < 4.78 is 11.7. The molecule has 0 bridgehead atoms. The first kappa shape index (κ1) is 31.1. The van der Waals surface area contributed by atoms with E-state index in [4.69, 9.17) is 31.8 Å². The molecule has 0 saturated carbocycles. The standard InChI is InChI=1S/C34H40N6O3/c1-2-42-34(41)30-23-28(13-14-31(30)43-29-15-17-39-18-16-29)40(19-5-9-24-7-3-11-26(21-24)32(35)36)20-6-10-25-8-4-12-27(22-25)33(37)38/h3-14,21-23,29,39H,2,15-20H2,1H3,(H3,35,36)(H3,37,38). The Morgan fingerprint density at radius 3 is 2.02 bits per heavy atom. The Morgan fingerprint density at radius 2 is 1.49 bits per heavy atom. The van der Waals surface area contributed by atoms with E-state index in [0.29, 0.717) is 35.5 Å². The van der Waals surface area contributed by atoms with Gasteiger partial charge in [-0.1, -0.05) is 60.7 Å². The summed E-state index contributed by atoms with van der Waals surface area (Å²) in [6.45, 7) is 4.91. The first-order valence-corrected chi connectivity index (χ1v) is 14.5. The van der Waals surface area contributed by atoms with E-state index in [9.17, 15) is 4.79 Å². The summed E-state index contributed by atoms with van der Waals surface area (Å²) in [6.07, 6.45) is 9.84. The van der Waals surface area contributed by atoms with Crippen LogP contribution in [0.25, 0.3) is 12.2 Å². The van der Waals surface area contributed by atoms with Crippen LogP contribution in [-0.4, -0.2) is 56.5 Å². The molecule has 9 nitrogen and oxygen atoms in total. The number of nitrogens with two attached hydrogens (primary N) is 2. The fraction of sp³-hybridized carbons (Fsp3) is 0.265. The van der Waals surface area contributed by atoms with Crippen molar-refractivity contribution in [1.29, 1.82) is 10.8 Å². The third-order valence-corrected chi connectivity index (χ3v) is 7.07. The van der Waals surface area contributed by atoms with E-state index in [1.54, 1.807) is 6.92 Å². The van der Waals surface area contributed by atoms with E-state index in [2.05, 4.69) is 10.2 Å². The second-order valence-electron chi connectivity index (χ2n) is 10.3. The van der Waals surface area contributed by atoms with Crippen molar-refractivity contribution in [3.05, 3.63) is 107 Å². The molecule has 4 rings (SSSR count). The number of carbonyl (C=O) groups excluding carboxylic acids is 1. The van der Waals surface area contributed by atoms with E-state index in [0.717, 1.165) is 42.7 Å². The number of hydrogen-bond acceptors (Lipinski definition) is 7. The molecule has 9 heteroatoms. The van der Waals surface area contributed by atoms with E-state index in [1.807, 2.05) is 91.0 Å². The van der Waals surface area contributed by atoms with Crippen LogP contribution >= 0.6 is 0 Å². The minimum atomic E-state index is -0.415. The zero-order valence-corrected chi connectivity index (χ0v) is 24.5. The molecular formula is C34H40N6O3. The molecule has 0 atom stereocenters. The first-order valence-electron chi connectivity index (χ1n) is 14.5. The van der Waals surface area contributed by atoms with Crippen molar-refractivity contribution in [2.45, 2.75) is 25.9 Å². The van der Waals surface area contributed by atoms with Crippen LogP contribution in [-0.2, 0) is 4.74 Å². The molecular weight excluding hydrogens is 540 g/mol. The van der Waals surface area contributed by atoms with Crippen molar-refractivity contribution in [3.8, 4) is 5.75 Å². The number of anilines is 1. The maximum atomic E-state index is 13.0. The van der Waals surface area contributed by atoms with Crippen molar-refractivity contribution in [1.82, 2.24) is 5.32 Å². The van der Waals surface area contributed by atoms with Gasteiger partial charge in [0, 0.05) is 29.9 Å². The highest BCUT2D eigenvalue weighted by molar-refractivity contribution is 5.96. The highest BCUT2D eigenvalue weighted by atomic mass is 16.5. The molecule has 1 heterocycles. The maximum Gasteiger partial charge on any atom is 0.341 e. The Morgan fingerprint density at radius 1 is 0.907 bits per heavy atom. The Balaban J connectivity index is 1.62. The Labute approximate surface area is 253 Å². The zero-order valence-electron chi connectivity index (χ0n) is 24.5. The van der Waals surface area contributed by atoms with Crippen molar-refractivity contribution < 1.29 is 14.3 Å². The third kappa shape index (κ3) is 9.05. The predicted octanol–water partition coefficient (Wildman–Crippen LogP) is 4.80. The number of benzene rings is 3. The lowest BCUT2D eigenvalue weighted by atomic mass is 10.1. The van der Waals surface area contributed by atoms with Gasteiger partial charge in [0.2, 0.25) is 0 Å². The van der Waals surface area contributed by atoms with Gasteiger partial charge in [0.1, 0.15) is 29.1 Å². The first-order chi connectivity index (χ1) is 20.8. The smallest absolute Gasteiger partial charge is 0.341 e. The van der Waals surface area contributed by atoms with Crippen LogP contribution in [0, 0.1) is 10.8 Å². The third-order valence-electron chi connectivity index (χ3n) is 7.07. The van der Waals surface area contributed by atoms with Crippen molar-refractivity contribution in [2.24, 2.45) is 11.5 Å². The molecule has 1 aliphatic heterocycles. The molecule has 0 aliphatic carbocycles. The SMILES string of the molecule is CCOC(=O)c1cc(N(CC=Cc2cccc(C(=N)N)c2)CC=Cc2cccc(C(=N)N)c2)ccc1OC1CCNCC1. The Kier molecular flexibility index (Phi) is 11.1. The van der Waals surface area contributed by atoms with Gasteiger partial charge in [-0.2, -0.15) is 0 Å². The molecule has 3 aromatic rings. The molecule has 0 aromatic heterocycles. The number of ether oxygens (including phenoxy) is 2. The lowest BCUT2D eigenvalue weighted by Crippen LogP contribution is -2.34. The van der Waals surface area contributed by atoms with E-state index < -0.39 is 5.97 Å². The van der Waals surface area contributed by atoms with E-state index in [1.165, 1.54) is 0 Å². The second-order valence-corrected chi connectivity index (χ2v) is 10.3. The number of hydrogen-bond donors (Lipinski definition) is 5. The summed E-state index contributed by atoms with van der Waals surface area (Å²) in [5.41, 5.74) is 15.8. The Hall–Kier alpha value is -4.89. The van der Waals surface area contributed by atoms with Crippen molar-refractivity contribution in [2.75, 3.05) is 37.7 Å². The maximum absolute atomic E-state index is 13.0. The number of piperidine rings is 1. The predicted molar refractivity (Wildman–Crippen MR) is 174 cm³/mol. The molecule has 7 N–H and O–H groups in total. The molecule has 0 spiro atoms. The van der Waals surface area contributed by atoms with Crippen molar-refractivity contribution >= 4 is 35.5 Å². The summed E-state index contributed by atoms with van der Waals surface area (Å²) in [7, 11) is 0. The van der Waals surface area contributed by atoms with Gasteiger partial charge in [-0.25, -0.2) is 4.79 Å². The van der Waals surface area contributed by atoms with Crippen LogP contribution in [0.1, 0.15) is 52.4 Å². The minimum Gasteiger partial charge on any atom is -0.489 e. The van der Waals surface area contributed by atoms with Crippen LogP contribution in [0.4, 0.5) is 5.69 Å². The molecule has 0 amide bonds. The molecule has 1 fully saturated rings.